The lowest BCUT2D eigenvalue weighted by molar-refractivity contribution is 0.0759. The number of aryl methyl sites for hydroxylation is 1. The van der Waals surface area contributed by atoms with Gasteiger partial charge in [-0.05, 0) is 44.6 Å². The van der Waals surface area contributed by atoms with Crippen molar-refractivity contribution in [3.63, 3.8) is 0 Å². The van der Waals surface area contributed by atoms with Crippen molar-refractivity contribution < 1.29 is 9.32 Å². The minimum absolute atomic E-state index is 0.0967. The van der Waals surface area contributed by atoms with Gasteiger partial charge in [0.05, 0.1) is 11.5 Å². The Balaban J connectivity index is 1.42. The van der Waals surface area contributed by atoms with Gasteiger partial charge in [-0.15, -0.1) is 0 Å². The summed E-state index contributed by atoms with van der Waals surface area (Å²) in [6.45, 7) is 3.30. The maximum atomic E-state index is 13.3. The van der Waals surface area contributed by atoms with Crippen molar-refractivity contribution >= 4 is 5.91 Å². The largest absolute Gasteiger partial charge is 0.339 e. The molecule has 2 atom stereocenters. The number of nitrogens with zero attached hydrogens (tertiary/aromatic N) is 5. The van der Waals surface area contributed by atoms with Gasteiger partial charge in [0.25, 0.3) is 5.91 Å². The van der Waals surface area contributed by atoms with Gasteiger partial charge in [0.1, 0.15) is 5.69 Å². The van der Waals surface area contributed by atoms with Crippen molar-refractivity contribution in [3.8, 4) is 0 Å². The Bertz CT molecular complexity index is 822. The van der Waals surface area contributed by atoms with E-state index in [1.807, 2.05) is 22.6 Å². The first-order valence-corrected chi connectivity index (χ1v) is 9.81. The Kier molecular flexibility index (Phi) is 3.65. The summed E-state index contributed by atoms with van der Waals surface area (Å²) in [6.07, 6.45) is 9.75. The smallest absolute Gasteiger partial charge is 0.272 e. The van der Waals surface area contributed by atoms with E-state index in [2.05, 4.69) is 15.2 Å². The van der Waals surface area contributed by atoms with E-state index in [1.165, 1.54) is 12.8 Å². The second-order valence-corrected chi connectivity index (χ2v) is 8.18. The topological polar surface area (TPSA) is 77.0 Å². The van der Waals surface area contributed by atoms with E-state index in [9.17, 15) is 4.79 Å². The molecule has 0 aromatic carbocycles. The Morgan fingerprint density at radius 1 is 1.27 bits per heavy atom. The maximum Gasteiger partial charge on any atom is 0.272 e. The van der Waals surface area contributed by atoms with Crippen LogP contribution >= 0.6 is 0 Å². The van der Waals surface area contributed by atoms with Crippen LogP contribution in [-0.4, -0.2) is 43.8 Å². The van der Waals surface area contributed by atoms with Gasteiger partial charge in [-0.1, -0.05) is 24.4 Å². The molecular weight excluding hydrogens is 330 g/mol. The summed E-state index contributed by atoms with van der Waals surface area (Å²) < 4.78 is 7.53. The number of rotatable bonds is 3. The van der Waals surface area contributed by atoms with Gasteiger partial charge in [0.2, 0.25) is 5.89 Å². The molecule has 2 aromatic heterocycles. The predicted molar refractivity (Wildman–Crippen MR) is 93.7 cm³/mol. The van der Waals surface area contributed by atoms with Crippen LogP contribution in [0.15, 0.2) is 16.8 Å². The third-order valence-corrected chi connectivity index (χ3v) is 6.67. The van der Waals surface area contributed by atoms with Gasteiger partial charge >= 0.3 is 0 Å². The van der Waals surface area contributed by atoms with E-state index in [4.69, 9.17) is 4.52 Å². The van der Waals surface area contributed by atoms with Crippen molar-refractivity contribution in [2.75, 3.05) is 13.1 Å². The van der Waals surface area contributed by atoms with Crippen LogP contribution in [0.2, 0.25) is 0 Å². The fourth-order valence-electron chi connectivity index (χ4n) is 5.38. The molecule has 3 aliphatic rings. The van der Waals surface area contributed by atoms with Gasteiger partial charge in [-0.2, -0.15) is 10.1 Å². The molecule has 7 nitrogen and oxygen atoms in total. The molecule has 2 aromatic rings. The molecule has 0 N–H and O–H groups in total. The first-order chi connectivity index (χ1) is 12.7. The molecule has 0 spiro atoms. The summed E-state index contributed by atoms with van der Waals surface area (Å²) in [6, 6.07) is 2.25. The van der Waals surface area contributed by atoms with Gasteiger partial charge in [-0.25, -0.2) is 0 Å². The number of fused-ring (bicyclic) bond motifs is 1. The molecular formula is C19H25N5O2. The molecule has 7 heteroatoms. The van der Waals surface area contributed by atoms with E-state index < -0.39 is 0 Å². The standard InChI is InChI=1S/C19H25N5O2/c1-13-21-18(26-22-13)19-9-4-5-14(19)11-23(12-19)17(25)16-8-10-20-24(16)15-6-2-3-7-15/h8,10,14-15H,2-7,9,11-12H2,1H3/t14-,19-/m0/s1. The second kappa shape index (κ2) is 5.93. The highest BCUT2D eigenvalue weighted by Gasteiger charge is 2.55. The van der Waals surface area contributed by atoms with E-state index in [0.717, 1.165) is 50.2 Å². The molecule has 5 rings (SSSR count). The lowest BCUT2D eigenvalue weighted by Gasteiger charge is -2.24. The highest BCUT2D eigenvalue weighted by molar-refractivity contribution is 5.93. The Hall–Kier alpha value is -2.18. The van der Waals surface area contributed by atoms with Gasteiger partial charge in [0.15, 0.2) is 5.82 Å². The van der Waals surface area contributed by atoms with Crippen molar-refractivity contribution in [3.05, 3.63) is 29.7 Å². The highest BCUT2D eigenvalue weighted by atomic mass is 16.5. The number of carbonyl (C=O) groups excluding carboxylic acids is 1. The average Bonchev–Trinajstić information content (AvgIpc) is 3.38. The van der Waals surface area contributed by atoms with Crippen LogP contribution in [0.1, 0.15) is 73.2 Å². The Labute approximate surface area is 152 Å². The summed E-state index contributed by atoms with van der Waals surface area (Å²) in [5.41, 5.74) is 0.573. The number of hydrogen-bond donors (Lipinski definition) is 0. The van der Waals surface area contributed by atoms with E-state index >= 15 is 0 Å². The SMILES string of the molecule is Cc1noc([C@]23CCC[C@H]2CN(C(=O)c2ccnn2C2CCCC2)C3)n1. The Morgan fingerprint density at radius 3 is 2.88 bits per heavy atom. The summed E-state index contributed by atoms with van der Waals surface area (Å²) in [4.78, 5) is 19.8. The van der Waals surface area contributed by atoms with Crippen molar-refractivity contribution in [2.45, 2.75) is 63.3 Å². The van der Waals surface area contributed by atoms with Crippen molar-refractivity contribution in [1.82, 2.24) is 24.8 Å². The molecule has 26 heavy (non-hydrogen) atoms. The van der Waals surface area contributed by atoms with Crippen LogP contribution < -0.4 is 0 Å². The molecule has 1 aliphatic heterocycles. The third-order valence-electron chi connectivity index (χ3n) is 6.67. The van der Waals surface area contributed by atoms with Crippen LogP contribution in [-0.2, 0) is 5.41 Å². The summed E-state index contributed by atoms with van der Waals surface area (Å²) in [5.74, 6) is 1.90. The predicted octanol–water partition coefficient (Wildman–Crippen LogP) is 2.88. The number of amides is 1. The summed E-state index contributed by atoms with van der Waals surface area (Å²) >= 11 is 0. The van der Waals surface area contributed by atoms with Crippen molar-refractivity contribution in [2.24, 2.45) is 5.92 Å². The fraction of sp³-hybridized carbons (Fsp3) is 0.684. The number of hydrogen-bond acceptors (Lipinski definition) is 5. The second-order valence-electron chi connectivity index (χ2n) is 8.18. The zero-order chi connectivity index (χ0) is 17.7. The van der Waals surface area contributed by atoms with E-state index in [0.29, 0.717) is 24.3 Å². The first-order valence-electron chi connectivity index (χ1n) is 9.81. The zero-order valence-electron chi connectivity index (χ0n) is 15.2. The lowest BCUT2D eigenvalue weighted by Crippen LogP contribution is -2.36. The van der Waals surface area contributed by atoms with Crippen LogP contribution in [0, 0.1) is 12.8 Å². The molecule has 1 saturated heterocycles. The van der Waals surface area contributed by atoms with Gasteiger partial charge in [0, 0.05) is 19.3 Å². The van der Waals surface area contributed by atoms with Crippen molar-refractivity contribution in [1.29, 1.82) is 0 Å². The molecule has 0 bridgehead atoms. The summed E-state index contributed by atoms with van der Waals surface area (Å²) in [7, 11) is 0. The maximum absolute atomic E-state index is 13.3. The number of carbonyl (C=O) groups is 1. The van der Waals surface area contributed by atoms with Crippen LogP contribution in [0.3, 0.4) is 0 Å². The summed E-state index contributed by atoms with van der Waals surface area (Å²) in [5, 5.41) is 8.47. The molecule has 2 aliphatic carbocycles. The Morgan fingerprint density at radius 2 is 2.12 bits per heavy atom. The average molecular weight is 355 g/mol. The molecule has 0 radical (unpaired) electrons. The van der Waals surface area contributed by atoms with Gasteiger partial charge < -0.3 is 9.42 Å². The number of likely N-dealkylation sites (tertiary alicyclic amines) is 1. The third kappa shape index (κ3) is 2.32. The van der Waals surface area contributed by atoms with Crippen LogP contribution in [0.4, 0.5) is 0 Å². The molecule has 1 amide bonds. The first kappa shape index (κ1) is 16.0. The van der Waals surface area contributed by atoms with Crippen LogP contribution in [0.5, 0.6) is 0 Å². The molecule has 3 fully saturated rings. The monoisotopic (exact) mass is 355 g/mol. The molecule has 2 saturated carbocycles. The normalized spacial score (nSPS) is 28.8. The lowest BCUT2D eigenvalue weighted by atomic mass is 9.80. The van der Waals surface area contributed by atoms with Gasteiger partial charge in [-0.3, -0.25) is 9.48 Å². The highest BCUT2D eigenvalue weighted by Crippen LogP contribution is 2.50. The minimum Gasteiger partial charge on any atom is -0.339 e. The van der Waals surface area contributed by atoms with E-state index in [1.54, 1.807) is 6.20 Å². The molecule has 138 valence electrons. The molecule has 3 heterocycles. The quantitative estimate of drug-likeness (QED) is 0.846. The van der Waals surface area contributed by atoms with E-state index in [-0.39, 0.29) is 11.3 Å². The fourth-order valence-corrected chi connectivity index (χ4v) is 5.38. The zero-order valence-corrected chi connectivity index (χ0v) is 15.2. The molecule has 0 unspecified atom stereocenters. The minimum atomic E-state index is -0.158. The number of aromatic nitrogens is 4. The van der Waals surface area contributed by atoms with Crippen LogP contribution in [0.25, 0.3) is 0 Å².